The van der Waals surface area contributed by atoms with Gasteiger partial charge < -0.3 is 21.3 Å². The molecule has 4 heteroatoms. The summed E-state index contributed by atoms with van der Waals surface area (Å²) in [5.41, 5.74) is 13.2. The number of hydrogen-bond donors (Lipinski definition) is 3. The van der Waals surface area contributed by atoms with Crippen LogP contribution in [0.25, 0.3) is 0 Å². The average Bonchev–Trinajstić information content (AvgIpc) is 2.20. The van der Waals surface area contributed by atoms with E-state index in [-0.39, 0.29) is 18.6 Å². The Morgan fingerprint density at radius 2 is 2.29 bits per heavy atom. The topological polar surface area (TPSA) is 81.5 Å². The van der Waals surface area contributed by atoms with Crippen LogP contribution in [0, 0.1) is 5.92 Å². The van der Waals surface area contributed by atoms with Gasteiger partial charge in [0.15, 0.2) is 0 Å². The molecule has 5 N–H and O–H groups in total. The number of aliphatic hydroxyl groups is 1. The van der Waals surface area contributed by atoms with Crippen LogP contribution in [0.15, 0.2) is 18.2 Å². The molecule has 0 saturated heterocycles. The Balaban J connectivity index is 2.38. The molecule has 1 aromatic carbocycles. The van der Waals surface area contributed by atoms with Crippen molar-refractivity contribution in [1.29, 1.82) is 0 Å². The number of fused-ring (bicyclic) bond motifs is 1. The highest BCUT2D eigenvalue weighted by molar-refractivity contribution is 5.50. The fourth-order valence-electron chi connectivity index (χ4n) is 1.68. The van der Waals surface area contributed by atoms with E-state index in [1.807, 2.05) is 12.1 Å². The van der Waals surface area contributed by atoms with Gasteiger partial charge in [-0.05, 0) is 18.2 Å². The monoisotopic (exact) mass is 194 g/mol. The first kappa shape index (κ1) is 9.30. The summed E-state index contributed by atoms with van der Waals surface area (Å²) >= 11 is 0. The van der Waals surface area contributed by atoms with Crippen molar-refractivity contribution in [3.8, 4) is 5.75 Å². The molecule has 1 heterocycles. The summed E-state index contributed by atoms with van der Waals surface area (Å²) in [5.74, 6) is 0.737. The smallest absolute Gasteiger partial charge is 0.124 e. The molecule has 1 aromatic rings. The molecule has 0 bridgehead atoms. The van der Waals surface area contributed by atoms with Crippen LogP contribution in [0.1, 0.15) is 11.6 Å². The van der Waals surface area contributed by atoms with Gasteiger partial charge in [-0.1, -0.05) is 0 Å². The van der Waals surface area contributed by atoms with Crippen molar-refractivity contribution in [3.63, 3.8) is 0 Å². The van der Waals surface area contributed by atoms with E-state index < -0.39 is 0 Å². The van der Waals surface area contributed by atoms with Crippen LogP contribution in [0.3, 0.4) is 0 Å². The molecule has 0 radical (unpaired) electrons. The minimum absolute atomic E-state index is 0.0371. The summed E-state index contributed by atoms with van der Waals surface area (Å²) in [5, 5.41) is 9.07. The number of nitrogen functional groups attached to an aromatic ring is 1. The molecule has 76 valence electrons. The number of benzene rings is 1. The molecule has 0 aliphatic carbocycles. The van der Waals surface area contributed by atoms with Gasteiger partial charge in [-0.3, -0.25) is 0 Å². The largest absolute Gasteiger partial charge is 0.493 e. The Morgan fingerprint density at radius 3 is 3.00 bits per heavy atom. The van der Waals surface area contributed by atoms with Gasteiger partial charge in [0.25, 0.3) is 0 Å². The Labute approximate surface area is 82.5 Å². The standard InChI is InChI=1S/C10H14N2O2/c11-7-1-2-9-8(3-7)10(12)6(4-13)5-14-9/h1-3,6,10,13H,4-5,11-12H2/t6-,10-/m0/s1. The quantitative estimate of drug-likeness (QED) is 0.560. The third kappa shape index (κ3) is 1.42. The second kappa shape index (κ2) is 3.48. The first-order chi connectivity index (χ1) is 6.72. The van der Waals surface area contributed by atoms with Gasteiger partial charge in [0.1, 0.15) is 5.75 Å². The van der Waals surface area contributed by atoms with E-state index >= 15 is 0 Å². The van der Waals surface area contributed by atoms with Gasteiger partial charge in [-0.15, -0.1) is 0 Å². The van der Waals surface area contributed by atoms with Gasteiger partial charge in [0.2, 0.25) is 0 Å². The summed E-state index contributed by atoms with van der Waals surface area (Å²) in [6.07, 6.45) is 0. The summed E-state index contributed by atoms with van der Waals surface area (Å²) < 4.78 is 5.46. The Morgan fingerprint density at radius 1 is 1.50 bits per heavy atom. The predicted molar refractivity (Wildman–Crippen MR) is 53.9 cm³/mol. The SMILES string of the molecule is Nc1ccc2c(c1)[C@@H](N)[C@@H](CO)CO2. The van der Waals surface area contributed by atoms with E-state index in [9.17, 15) is 0 Å². The van der Waals surface area contributed by atoms with Crippen molar-refractivity contribution in [1.82, 2.24) is 0 Å². The second-order valence-corrected chi connectivity index (χ2v) is 3.58. The second-order valence-electron chi connectivity index (χ2n) is 3.58. The summed E-state index contributed by atoms with van der Waals surface area (Å²) in [7, 11) is 0. The van der Waals surface area contributed by atoms with Gasteiger partial charge in [-0.2, -0.15) is 0 Å². The highest BCUT2D eigenvalue weighted by atomic mass is 16.5. The fraction of sp³-hybridized carbons (Fsp3) is 0.400. The maximum atomic E-state index is 9.07. The molecule has 0 saturated carbocycles. The van der Waals surface area contributed by atoms with E-state index in [4.69, 9.17) is 21.3 Å². The van der Waals surface area contributed by atoms with Gasteiger partial charge in [0.05, 0.1) is 13.2 Å². The van der Waals surface area contributed by atoms with Crippen molar-refractivity contribution in [2.24, 2.45) is 11.7 Å². The van der Waals surface area contributed by atoms with Crippen LogP contribution in [0.2, 0.25) is 0 Å². The lowest BCUT2D eigenvalue weighted by Gasteiger charge is -2.30. The molecule has 0 spiro atoms. The number of nitrogens with two attached hydrogens (primary N) is 2. The van der Waals surface area contributed by atoms with Crippen LogP contribution in [0.4, 0.5) is 5.69 Å². The molecular weight excluding hydrogens is 180 g/mol. The van der Waals surface area contributed by atoms with Crippen molar-refractivity contribution in [2.75, 3.05) is 18.9 Å². The first-order valence-electron chi connectivity index (χ1n) is 4.61. The van der Waals surface area contributed by atoms with E-state index in [0.717, 1.165) is 11.3 Å². The summed E-state index contributed by atoms with van der Waals surface area (Å²) in [4.78, 5) is 0. The third-order valence-corrected chi connectivity index (χ3v) is 2.59. The average molecular weight is 194 g/mol. The molecule has 0 amide bonds. The molecule has 4 nitrogen and oxygen atoms in total. The van der Waals surface area contributed by atoms with Crippen LogP contribution < -0.4 is 16.2 Å². The zero-order valence-corrected chi connectivity index (χ0v) is 7.81. The molecule has 1 aliphatic rings. The van der Waals surface area contributed by atoms with Crippen molar-refractivity contribution in [3.05, 3.63) is 23.8 Å². The van der Waals surface area contributed by atoms with E-state index in [1.54, 1.807) is 6.07 Å². The molecule has 0 fully saturated rings. The lowest BCUT2D eigenvalue weighted by atomic mass is 9.92. The number of anilines is 1. The lowest BCUT2D eigenvalue weighted by Crippen LogP contribution is -2.33. The minimum atomic E-state index is -0.188. The number of rotatable bonds is 1. The van der Waals surface area contributed by atoms with Crippen LogP contribution in [0.5, 0.6) is 5.75 Å². The van der Waals surface area contributed by atoms with E-state index in [2.05, 4.69) is 0 Å². The van der Waals surface area contributed by atoms with E-state index in [0.29, 0.717) is 12.3 Å². The van der Waals surface area contributed by atoms with Crippen molar-refractivity contribution >= 4 is 5.69 Å². The zero-order valence-electron chi connectivity index (χ0n) is 7.81. The maximum Gasteiger partial charge on any atom is 0.124 e. The molecule has 14 heavy (non-hydrogen) atoms. The van der Waals surface area contributed by atoms with Gasteiger partial charge >= 0.3 is 0 Å². The van der Waals surface area contributed by atoms with E-state index in [1.165, 1.54) is 0 Å². The number of hydrogen-bond acceptors (Lipinski definition) is 4. The molecule has 0 unspecified atom stereocenters. The summed E-state index contributed by atoms with van der Waals surface area (Å²) in [6.45, 7) is 0.504. The van der Waals surface area contributed by atoms with Crippen molar-refractivity contribution < 1.29 is 9.84 Å². The molecule has 2 atom stereocenters. The highest BCUT2D eigenvalue weighted by Crippen LogP contribution is 2.34. The summed E-state index contributed by atoms with van der Waals surface area (Å²) in [6, 6.07) is 5.22. The molecule has 2 rings (SSSR count). The molecule has 0 aromatic heterocycles. The van der Waals surface area contributed by atoms with Crippen LogP contribution in [-0.4, -0.2) is 18.3 Å². The zero-order chi connectivity index (χ0) is 10.1. The van der Waals surface area contributed by atoms with Crippen LogP contribution >= 0.6 is 0 Å². The predicted octanol–water partition coefficient (Wildman–Crippen LogP) is 0.270. The van der Waals surface area contributed by atoms with Crippen molar-refractivity contribution in [2.45, 2.75) is 6.04 Å². The fourth-order valence-corrected chi connectivity index (χ4v) is 1.68. The Kier molecular flexibility index (Phi) is 2.31. The number of aliphatic hydroxyl groups excluding tert-OH is 1. The Hall–Kier alpha value is -1.26. The van der Waals surface area contributed by atoms with Gasteiger partial charge in [0, 0.05) is 23.2 Å². The Bertz CT molecular complexity index is 341. The third-order valence-electron chi connectivity index (χ3n) is 2.59. The minimum Gasteiger partial charge on any atom is -0.493 e. The van der Waals surface area contributed by atoms with Crippen LogP contribution in [-0.2, 0) is 0 Å². The lowest BCUT2D eigenvalue weighted by molar-refractivity contribution is 0.124. The molecule has 1 aliphatic heterocycles. The number of ether oxygens (including phenoxy) is 1. The first-order valence-corrected chi connectivity index (χ1v) is 4.61. The highest BCUT2D eigenvalue weighted by Gasteiger charge is 2.27. The normalized spacial score (nSPS) is 25.3. The van der Waals surface area contributed by atoms with Gasteiger partial charge in [-0.25, -0.2) is 0 Å². The molecular formula is C10H14N2O2. The maximum absolute atomic E-state index is 9.07.